The highest BCUT2D eigenvalue weighted by atomic mass is 16.4. The fourth-order valence-corrected chi connectivity index (χ4v) is 4.86. The van der Waals surface area contributed by atoms with Crippen molar-refractivity contribution < 1.29 is 9.21 Å². The number of carbonyl (C=O) groups excluding carboxylic acids is 1. The second-order valence-electron chi connectivity index (χ2n) is 9.87. The van der Waals surface area contributed by atoms with Gasteiger partial charge in [0.1, 0.15) is 0 Å². The standard InChI is InChI=1S/C26H31N3O3/c1-26(19-6-4-3-5-7-19)14-21(26)24(30)27-15-20(29(2)16-17-8-9-17)12-18-10-11-22-23(13-18)32-25(31)28-22/h3-7,10-11,13,17,20-21H,8-9,12,14-16H2,1-2H3,(H,27,30)(H,28,31)/t20-,21-,26+/m0/s1. The second kappa shape index (κ2) is 8.24. The van der Waals surface area contributed by atoms with Crippen molar-refractivity contribution in [3.63, 3.8) is 0 Å². The summed E-state index contributed by atoms with van der Waals surface area (Å²) in [6.07, 6.45) is 4.27. The summed E-state index contributed by atoms with van der Waals surface area (Å²) in [7, 11) is 2.15. The number of rotatable bonds is 9. The van der Waals surface area contributed by atoms with Crippen molar-refractivity contribution in [1.29, 1.82) is 0 Å². The highest BCUT2D eigenvalue weighted by Gasteiger charge is 2.55. The predicted molar refractivity (Wildman–Crippen MR) is 125 cm³/mol. The van der Waals surface area contributed by atoms with Crippen molar-refractivity contribution in [3.8, 4) is 0 Å². The lowest BCUT2D eigenvalue weighted by Crippen LogP contribution is -2.44. The topological polar surface area (TPSA) is 78.3 Å². The fraction of sp³-hybridized carbons (Fsp3) is 0.462. The molecule has 32 heavy (non-hydrogen) atoms. The van der Waals surface area contributed by atoms with Crippen molar-refractivity contribution in [2.24, 2.45) is 11.8 Å². The van der Waals surface area contributed by atoms with Crippen LogP contribution in [0.2, 0.25) is 0 Å². The maximum atomic E-state index is 13.0. The Morgan fingerprint density at radius 1 is 1.25 bits per heavy atom. The van der Waals surface area contributed by atoms with Gasteiger partial charge < -0.3 is 14.6 Å². The lowest BCUT2D eigenvalue weighted by Gasteiger charge is -2.29. The SMILES string of the molecule is CN(CC1CC1)[C@H](CNC(=O)[C@@H]1C[C@]1(C)c1ccccc1)Cc1ccc2[nH]c(=O)oc2c1. The Balaban J connectivity index is 1.25. The second-order valence-corrected chi connectivity index (χ2v) is 9.87. The van der Waals surface area contributed by atoms with Gasteiger partial charge >= 0.3 is 5.76 Å². The van der Waals surface area contributed by atoms with Gasteiger partial charge in [0.15, 0.2) is 5.58 Å². The Hall–Kier alpha value is -2.86. The summed E-state index contributed by atoms with van der Waals surface area (Å²) >= 11 is 0. The summed E-state index contributed by atoms with van der Waals surface area (Å²) in [6.45, 7) is 3.84. The summed E-state index contributed by atoms with van der Waals surface area (Å²) in [5, 5.41) is 3.25. The van der Waals surface area contributed by atoms with Crippen molar-refractivity contribution in [1.82, 2.24) is 15.2 Å². The van der Waals surface area contributed by atoms with Gasteiger partial charge in [0, 0.05) is 30.5 Å². The minimum atomic E-state index is -0.433. The van der Waals surface area contributed by atoms with Crippen LogP contribution in [-0.4, -0.2) is 42.0 Å². The molecular weight excluding hydrogens is 402 g/mol. The van der Waals surface area contributed by atoms with Crippen LogP contribution in [0.3, 0.4) is 0 Å². The van der Waals surface area contributed by atoms with Gasteiger partial charge in [-0.05, 0) is 61.9 Å². The number of nitrogens with zero attached hydrogens (tertiary/aromatic N) is 1. The van der Waals surface area contributed by atoms with Crippen molar-refractivity contribution in [3.05, 3.63) is 70.2 Å². The smallest absolute Gasteiger partial charge is 0.408 e. The molecule has 1 amide bonds. The third-order valence-corrected chi connectivity index (χ3v) is 7.32. The quantitative estimate of drug-likeness (QED) is 0.542. The normalized spacial score (nSPS) is 23.4. The molecule has 2 aliphatic rings. The average Bonchev–Trinajstić information content (AvgIpc) is 3.69. The molecule has 5 rings (SSSR count). The fourth-order valence-electron chi connectivity index (χ4n) is 4.86. The summed E-state index contributed by atoms with van der Waals surface area (Å²) < 4.78 is 5.23. The number of hydrogen-bond acceptors (Lipinski definition) is 4. The van der Waals surface area contributed by atoms with Gasteiger partial charge in [-0.1, -0.05) is 43.3 Å². The molecule has 6 heteroatoms. The first-order valence-corrected chi connectivity index (χ1v) is 11.6. The van der Waals surface area contributed by atoms with Crippen LogP contribution in [0, 0.1) is 11.8 Å². The zero-order valence-electron chi connectivity index (χ0n) is 18.8. The Bertz CT molecular complexity index is 1160. The number of oxazole rings is 1. The van der Waals surface area contributed by atoms with Crippen LogP contribution < -0.4 is 11.1 Å². The molecule has 168 valence electrons. The zero-order valence-corrected chi connectivity index (χ0v) is 18.8. The molecule has 1 aromatic heterocycles. The van der Waals surface area contributed by atoms with E-state index in [0.717, 1.165) is 30.9 Å². The number of fused-ring (bicyclic) bond motifs is 1. The molecule has 6 nitrogen and oxygen atoms in total. The van der Waals surface area contributed by atoms with Crippen molar-refractivity contribution >= 4 is 17.0 Å². The molecule has 2 aromatic carbocycles. The van der Waals surface area contributed by atoms with Gasteiger partial charge in [-0.2, -0.15) is 0 Å². The van der Waals surface area contributed by atoms with E-state index in [2.05, 4.69) is 41.3 Å². The molecule has 0 radical (unpaired) electrons. The van der Waals surface area contributed by atoms with Crippen LogP contribution in [-0.2, 0) is 16.6 Å². The molecule has 2 saturated carbocycles. The van der Waals surface area contributed by atoms with Crippen LogP contribution in [0.4, 0.5) is 0 Å². The number of benzene rings is 2. The molecule has 0 aliphatic heterocycles. The molecule has 2 aliphatic carbocycles. The predicted octanol–water partition coefficient (Wildman–Crippen LogP) is 3.47. The zero-order chi connectivity index (χ0) is 22.3. The number of H-pyrrole nitrogens is 1. The molecule has 2 fully saturated rings. The van der Waals surface area contributed by atoms with E-state index in [-0.39, 0.29) is 23.3 Å². The molecule has 0 bridgehead atoms. The van der Waals surface area contributed by atoms with Gasteiger partial charge in [-0.25, -0.2) is 4.79 Å². The average molecular weight is 434 g/mol. The first kappa shape index (κ1) is 21.0. The van der Waals surface area contributed by atoms with Gasteiger partial charge in [0.25, 0.3) is 0 Å². The monoisotopic (exact) mass is 433 g/mol. The van der Waals surface area contributed by atoms with Gasteiger partial charge in [0.05, 0.1) is 5.52 Å². The van der Waals surface area contributed by atoms with E-state index in [1.54, 1.807) is 0 Å². The van der Waals surface area contributed by atoms with Gasteiger partial charge in [0.2, 0.25) is 5.91 Å². The van der Waals surface area contributed by atoms with E-state index in [1.807, 2.05) is 36.4 Å². The maximum absolute atomic E-state index is 13.0. The number of nitrogens with one attached hydrogen (secondary N) is 2. The minimum absolute atomic E-state index is 0.0322. The van der Waals surface area contributed by atoms with Crippen LogP contribution in [0.25, 0.3) is 11.1 Å². The number of aromatic amines is 1. The van der Waals surface area contributed by atoms with E-state index in [9.17, 15) is 9.59 Å². The molecule has 0 unspecified atom stereocenters. The van der Waals surface area contributed by atoms with E-state index in [0.29, 0.717) is 17.6 Å². The molecule has 2 N–H and O–H groups in total. The van der Waals surface area contributed by atoms with E-state index >= 15 is 0 Å². The summed E-state index contributed by atoms with van der Waals surface area (Å²) in [5.41, 5.74) is 3.57. The lowest BCUT2D eigenvalue weighted by molar-refractivity contribution is -0.122. The van der Waals surface area contributed by atoms with E-state index in [1.165, 1.54) is 18.4 Å². The lowest BCUT2D eigenvalue weighted by atomic mass is 9.95. The molecule has 3 aromatic rings. The molecule has 0 spiro atoms. The Morgan fingerprint density at radius 3 is 2.78 bits per heavy atom. The van der Waals surface area contributed by atoms with E-state index in [4.69, 9.17) is 4.42 Å². The third-order valence-electron chi connectivity index (χ3n) is 7.32. The van der Waals surface area contributed by atoms with Crippen molar-refractivity contribution in [2.45, 2.75) is 44.1 Å². The first-order chi connectivity index (χ1) is 15.4. The van der Waals surface area contributed by atoms with Crippen LogP contribution in [0.5, 0.6) is 0 Å². The molecule has 0 saturated heterocycles. The Labute approximate surface area is 188 Å². The Morgan fingerprint density at radius 2 is 2.03 bits per heavy atom. The summed E-state index contributed by atoms with van der Waals surface area (Å²) in [4.78, 5) is 29.5. The van der Waals surface area contributed by atoms with Gasteiger partial charge in [-0.3, -0.25) is 9.78 Å². The number of carbonyl (C=O) groups is 1. The number of amides is 1. The van der Waals surface area contributed by atoms with Gasteiger partial charge in [-0.15, -0.1) is 0 Å². The largest absolute Gasteiger partial charge is 0.417 e. The summed E-state index contributed by atoms with van der Waals surface area (Å²) in [5.74, 6) is 0.518. The highest BCUT2D eigenvalue weighted by Crippen LogP contribution is 2.53. The Kier molecular flexibility index (Phi) is 5.41. The number of aromatic nitrogens is 1. The van der Waals surface area contributed by atoms with E-state index < -0.39 is 5.76 Å². The number of hydrogen-bond donors (Lipinski definition) is 2. The van der Waals surface area contributed by atoms with Crippen molar-refractivity contribution in [2.75, 3.05) is 20.1 Å². The first-order valence-electron chi connectivity index (χ1n) is 11.6. The molecule has 3 atom stereocenters. The third kappa shape index (κ3) is 4.37. The molecular formula is C26H31N3O3. The highest BCUT2D eigenvalue weighted by molar-refractivity contribution is 5.84. The van der Waals surface area contributed by atoms with Crippen LogP contribution >= 0.6 is 0 Å². The van der Waals surface area contributed by atoms with Crippen LogP contribution in [0.15, 0.2) is 57.7 Å². The summed E-state index contributed by atoms with van der Waals surface area (Å²) in [6, 6.07) is 16.4. The number of likely N-dealkylation sites (N-methyl/N-ethyl adjacent to an activating group) is 1. The van der Waals surface area contributed by atoms with Crippen LogP contribution in [0.1, 0.15) is 37.3 Å². The minimum Gasteiger partial charge on any atom is -0.408 e. The molecule has 1 heterocycles. The maximum Gasteiger partial charge on any atom is 0.417 e.